The van der Waals surface area contributed by atoms with Gasteiger partial charge < -0.3 is 4.74 Å². The van der Waals surface area contributed by atoms with Crippen LogP contribution in [0.3, 0.4) is 0 Å². The van der Waals surface area contributed by atoms with Gasteiger partial charge in [0.25, 0.3) is 0 Å². The third-order valence-corrected chi connectivity index (χ3v) is 2.44. The third kappa shape index (κ3) is 3.02. The van der Waals surface area contributed by atoms with E-state index in [1.54, 1.807) is 0 Å². The number of halogens is 1. The lowest BCUT2D eigenvalue weighted by molar-refractivity contribution is 0.315. The van der Waals surface area contributed by atoms with Crippen molar-refractivity contribution in [1.82, 2.24) is 0 Å². The van der Waals surface area contributed by atoms with Crippen LogP contribution in [0.2, 0.25) is 0 Å². The van der Waals surface area contributed by atoms with Crippen molar-refractivity contribution in [3.8, 4) is 5.75 Å². The Morgan fingerprint density at radius 3 is 2.64 bits per heavy atom. The van der Waals surface area contributed by atoms with Crippen molar-refractivity contribution in [2.75, 3.05) is 6.61 Å². The van der Waals surface area contributed by atoms with E-state index in [-0.39, 0.29) is 0 Å². The molecule has 1 aromatic rings. The number of benzene rings is 1. The topological polar surface area (TPSA) is 9.23 Å². The molecule has 1 rings (SSSR count). The summed E-state index contributed by atoms with van der Waals surface area (Å²) in [6.45, 7) is 7.09. The molecule has 77 valence electrons. The predicted molar refractivity (Wildman–Crippen MR) is 63.6 cm³/mol. The van der Waals surface area contributed by atoms with Crippen LogP contribution in [-0.2, 0) is 0 Å². The van der Waals surface area contributed by atoms with Crippen molar-refractivity contribution in [2.45, 2.75) is 27.2 Å². The fourth-order valence-corrected chi connectivity index (χ4v) is 1.59. The van der Waals surface area contributed by atoms with Gasteiger partial charge in [0.05, 0.1) is 6.61 Å². The average molecular weight is 256 g/mol. The second-order valence-corrected chi connectivity index (χ2v) is 4.40. The van der Waals surface area contributed by atoms with Gasteiger partial charge in [0.1, 0.15) is 5.75 Å². The molecule has 14 heavy (non-hydrogen) atoms. The summed E-state index contributed by atoms with van der Waals surface area (Å²) in [7, 11) is 0. The Hall–Kier alpha value is -0.500. The molecule has 1 radical (unpaired) electrons. The smallest absolute Gasteiger partial charge is 0.123 e. The molecule has 2 heteroatoms. The van der Waals surface area contributed by atoms with Gasteiger partial charge in [-0.3, -0.25) is 0 Å². The van der Waals surface area contributed by atoms with E-state index in [1.165, 1.54) is 11.5 Å². The molecule has 0 aliphatic rings. The number of rotatable bonds is 4. The van der Waals surface area contributed by atoms with Crippen LogP contribution in [0.15, 0.2) is 22.7 Å². The fraction of sp³-hybridized carbons (Fsp3) is 0.417. The quantitative estimate of drug-likeness (QED) is 0.784. The summed E-state index contributed by atoms with van der Waals surface area (Å²) in [6.07, 6.45) is 1.04. The van der Waals surface area contributed by atoms with Gasteiger partial charge >= 0.3 is 0 Å². The highest BCUT2D eigenvalue weighted by Gasteiger charge is 2.08. The molecular formula is C12H16BrO. The number of hydrogen-bond acceptors (Lipinski definition) is 1. The first-order chi connectivity index (χ1) is 6.65. The van der Waals surface area contributed by atoms with E-state index in [0.717, 1.165) is 23.2 Å². The zero-order chi connectivity index (χ0) is 10.6. The van der Waals surface area contributed by atoms with Gasteiger partial charge in [-0.15, -0.1) is 0 Å². The molecule has 0 amide bonds. The molecule has 0 saturated heterocycles. The lowest BCUT2D eigenvalue weighted by Crippen LogP contribution is -2.00. The summed E-state index contributed by atoms with van der Waals surface area (Å²) in [5.74, 6) is 2.26. The molecule has 0 bridgehead atoms. The maximum atomic E-state index is 5.66. The van der Waals surface area contributed by atoms with Crippen LogP contribution in [0.1, 0.15) is 32.8 Å². The molecule has 0 heterocycles. The van der Waals surface area contributed by atoms with Gasteiger partial charge in [-0.2, -0.15) is 0 Å². The molecule has 1 aromatic carbocycles. The first-order valence-electron chi connectivity index (χ1n) is 4.88. The molecule has 0 spiro atoms. The average Bonchev–Trinajstić information content (AvgIpc) is 2.15. The second-order valence-electron chi connectivity index (χ2n) is 3.49. The van der Waals surface area contributed by atoms with E-state index in [0.29, 0.717) is 0 Å². The maximum absolute atomic E-state index is 5.66. The van der Waals surface area contributed by atoms with Crippen molar-refractivity contribution >= 4 is 15.9 Å². The zero-order valence-electron chi connectivity index (χ0n) is 8.93. The largest absolute Gasteiger partial charge is 0.493 e. The van der Waals surface area contributed by atoms with Gasteiger partial charge in [0.15, 0.2) is 0 Å². The van der Waals surface area contributed by atoms with Crippen LogP contribution in [0, 0.1) is 5.92 Å². The van der Waals surface area contributed by atoms with E-state index in [2.05, 4.69) is 42.8 Å². The molecule has 0 N–H and O–H groups in total. The Morgan fingerprint density at radius 2 is 2.07 bits per heavy atom. The van der Waals surface area contributed by atoms with Crippen LogP contribution in [0.5, 0.6) is 5.75 Å². The lowest BCUT2D eigenvalue weighted by Gasteiger charge is -2.13. The lowest BCUT2D eigenvalue weighted by atomic mass is 10.0. The Balaban J connectivity index is 2.90. The minimum Gasteiger partial charge on any atom is -0.493 e. The van der Waals surface area contributed by atoms with Crippen molar-refractivity contribution < 1.29 is 4.74 Å². The van der Waals surface area contributed by atoms with Crippen LogP contribution in [0.25, 0.3) is 0 Å². The summed E-state index contributed by atoms with van der Waals surface area (Å²) in [6, 6.07) is 6.12. The van der Waals surface area contributed by atoms with E-state index in [4.69, 9.17) is 4.74 Å². The van der Waals surface area contributed by atoms with E-state index in [9.17, 15) is 0 Å². The van der Waals surface area contributed by atoms with Crippen LogP contribution < -0.4 is 4.74 Å². The first-order valence-corrected chi connectivity index (χ1v) is 5.67. The molecule has 0 atom stereocenters. The summed E-state index contributed by atoms with van der Waals surface area (Å²) in [5.41, 5.74) is 1.19. The molecule has 0 saturated carbocycles. The van der Waals surface area contributed by atoms with Crippen molar-refractivity contribution in [1.29, 1.82) is 0 Å². The van der Waals surface area contributed by atoms with Crippen molar-refractivity contribution in [3.05, 3.63) is 34.2 Å². The highest BCUT2D eigenvalue weighted by molar-refractivity contribution is 9.10. The summed E-state index contributed by atoms with van der Waals surface area (Å²) < 4.78 is 6.76. The maximum Gasteiger partial charge on any atom is 0.123 e. The zero-order valence-corrected chi connectivity index (χ0v) is 10.5. The van der Waals surface area contributed by atoms with E-state index in [1.807, 2.05) is 12.1 Å². The summed E-state index contributed by atoms with van der Waals surface area (Å²) in [4.78, 5) is 0. The highest BCUT2D eigenvalue weighted by Crippen LogP contribution is 2.28. The standard InChI is InChI=1S/C12H16BrO/c1-4-7-14-12-6-5-10(13)8-11(12)9(2)3/h5-6,8H,4,7H2,1-3H3. The van der Waals surface area contributed by atoms with Gasteiger partial charge in [-0.1, -0.05) is 36.7 Å². The molecule has 1 nitrogen and oxygen atoms in total. The SMILES string of the molecule is CCCOc1ccc(Br)cc1[C](C)C. The van der Waals surface area contributed by atoms with Gasteiger partial charge in [0.2, 0.25) is 0 Å². The monoisotopic (exact) mass is 255 g/mol. The summed E-state index contributed by atoms with van der Waals surface area (Å²) >= 11 is 3.46. The van der Waals surface area contributed by atoms with E-state index < -0.39 is 0 Å². The number of hydrogen-bond donors (Lipinski definition) is 0. The molecule has 0 aromatic heterocycles. The van der Waals surface area contributed by atoms with Gasteiger partial charge in [-0.05, 0) is 24.6 Å². The minimum absolute atomic E-state index is 0.780. The van der Waals surface area contributed by atoms with Crippen molar-refractivity contribution in [3.63, 3.8) is 0 Å². The van der Waals surface area contributed by atoms with E-state index >= 15 is 0 Å². The highest BCUT2D eigenvalue weighted by atomic mass is 79.9. The molecule has 0 aliphatic carbocycles. The Kier molecular flexibility index (Phi) is 4.46. The van der Waals surface area contributed by atoms with Crippen LogP contribution in [-0.4, -0.2) is 6.61 Å². The van der Waals surface area contributed by atoms with Crippen LogP contribution in [0.4, 0.5) is 0 Å². The Bertz CT molecular complexity index is 294. The van der Waals surface area contributed by atoms with Crippen molar-refractivity contribution in [2.24, 2.45) is 0 Å². The summed E-state index contributed by atoms with van der Waals surface area (Å²) in [5, 5.41) is 0. The minimum atomic E-state index is 0.780. The third-order valence-electron chi connectivity index (χ3n) is 1.94. The first kappa shape index (κ1) is 11.6. The fourth-order valence-electron chi connectivity index (χ4n) is 1.23. The molecule has 0 unspecified atom stereocenters. The molecular weight excluding hydrogens is 240 g/mol. The van der Waals surface area contributed by atoms with Crippen LogP contribution >= 0.6 is 15.9 Å². The number of ether oxygens (including phenoxy) is 1. The Labute approximate surface area is 94.6 Å². The molecule has 0 aliphatic heterocycles. The van der Waals surface area contributed by atoms with Gasteiger partial charge in [-0.25, -0.2) is 0 Å². The van der Waals surface area contributed by atoms with Gasteiger partial charge in [0, 0.05) is 16.0 Å². The Morgan fingerprint density at radius 1 is 1.36 bits per heavy atom. The normalized spacial score (nSPS) is 10.6. The second kappa shape index (κ2) is 5.40. The predicted octanol–water partition coefficient (Wildman–Crippen LogP) is 4.20. The molecule has 0 fully saturated rings.